The van der Waals surface area contributed by atoms with Gasteiger partial charge in [-0.1, -0.05) is 23.7 Å². The second-order valence-corrected chi connectivity index (χ2v) is 7.03. The summed E-state index contributed by atoms with van der Waals surface area (Å²) in [7, 11) is 2.24. The van der Waals surface area contributed by atoms with Crippen LogP contribution < -0.4 is 5.73 Å². The Bertz CT molecular complexity index is 489. The monoisotopic (exact) mass is 307 g/mol. The largest absolute Gasteiger partial charge is 0.329 e. The number of hydrogen-bond donors (Lipinski definition) is 1. The minimum atomic E-state index is 0.121. The third kappa shape index (κ3) is 2.50. The molecule has 4 heteroatoms. The number of rotatable bonds is 4. The fourth-order valence-corrected chi connectivity index (χ4v) is 4.48. The Kier molecular flexibility index (Phi) is 4.28. The Morgan fingerprint density at radius 2 is 2.10 bits per heavy atom. The van der Waals surface area contributed by atoms with Crippen LogP contribution in [0.1, 0.15) is 37.8 Å². The van der Waals surface area contributed by atoms with E-state index >= 15 is 0 Å². The number of benzene rings is 1. The summed E-state index contributed by atoms with van der Waals surface area (Å²) >= 11 is 6.01. The van der Waals surface area contributed by atoms with Gasteiger partial charge in [-0.05, 0) is 57.5 Å². The number of halogens is 1. The lowest BCUT2D eigenvalue weighted by Gasteiger charge is -2.45. The van der Waals surface area contributed by atoms with Gasteiger partial charge >= 0.3 is 0 Å². The quantitative estimate of drug-likeness (QED) is 0.928. The van der Waals surface area contributed by atoms with Crippen molar-refractivity contribution >= 4 is 11.6 Å². The van der Waals surface area contributed by atoms with Crippen LogP contribution in [0.4, 0.5) is 0 Å². The van der Waals surface area contributed by atoms with Crippen molar-refractivity contribution in [2.75, 3.05) is 26.7 Å². The molecule has 2 N–H and O–H groups in total. The number of hydrogen-bond acceptors (Lipinski definition) is 3. The smallest absolute Gasteiger partial charge is 0.0501 e. The summed E-state index contributed by atoms with van der Waals surface area (Å²) < 4.78 is 0. The molecule has 0 aliphatic carbocycles. The van der Waals surface area contributed by atoms with Gasteiger partial charge < -0.3 is 5.73 Å². The van der Waals surface area contributed by atoms with Crippen molar-refractivity contribution < 1.29 is 0 Å². The van der Waals surface area contributed by atoms with E-state index in [2.05, 4.69) is 35.9 Å². The molecule has 0 saturated carbocycles. The average Bonchev–Trinajstić information content (AvgIpc) is 3.09. The molecule has 0 spiro atoms. The average molecular weight is 308 g/mol. The highest BCUT2D eigenvalue weighted by Crippen LogP contribution is 2.42. The molecule has 2 saturated heterocycles. The topological polar surface area (TPSA) is 32.5 Å². The Morgan fingerprint density at radius 3 is 2.76 bits per heavy atom. The minimum Gasteiger partial charge on any atom is -0.329 e. The molecule has 2 heterocycles. The molecule has 0 radical (unpaired) electrons. The van der Waals surface area contributed by atoms with Gasteiger partial charge in [-0.3, -0.25) is 9.80 Å². The van der Waals surface area contributed by atoms with Crippen LogP contribution >= 0.6 is 11.6 Å². The second-order valence-electron chi connectivity index (χ2n) is 6.59. The molecule has 1 aromatic rings. The fraction of sp³-hybridized carbons (Fsp3) is 0.647. The Balaban J connectivity index is 1.85. The van der Waals surface area contributed by atoms with E-state index < -0.39 is 0 Å². The summed E-state index contributed by atoms with van der Waals surface area (Å²) in [5, 5.41) is 0.796. The van der Waals surface area contributed by atoms with E-state index in [0.717, 1.165) is 11.6 Å². The van der Waals surface area contributed by atoms with Crippen molar-refractivity contribution in [3.63, 3.8) is 0 Å². The van der Waals surface area contributed by atoms with Crippen molar-refractivity contribution in [2.45, 2.75) is 43.8 Å². The van der Waals surface area contributed by atoms with Crippen molar-refractivity contribution in [2.24, 2.45) is 5.73 Å². The molecule has 0 amide bonds. The zero-order chi connectivity index (χ0) is 15.0. The van der Waals surface area contributed by atoms with E-state index in [4.69, 9.17) is 17.3 Å². The van der Waals surface area contributed by atoms with E-state index in [0.29, 0.717) is 12.1 Å². The predicted octanol–water partition coefficient (Wildman–Crippen LogP) is 2.90. The number of likely N-dealkylation sites (N-methyl/N-ethyl adjacent to an activating group) is 1. The van der Waals surface area contributed by atoms with E-state index in [1.165, 1.54) is 37.9 Å². The summed E-state index contributed by atoms with van der Waals surface area (Å²) in [5.74, 6) is 0. The van der Waals surface area contributed by atoms with Crippen LogP contribution in [0.15, 0.2) is 24.3 Å². The molecule has 21 heavy (non-hydrogen) atoms. The highest BCUT2D eigenvalue weighted by atomic mass is 35.5. The van der Waals surface area contributed by atoms with Crippen LogP contribution in [0.5, 0.6) is 0 Å². The van der Waals surface area contributed by atoms with Crippen LogP contribution in [0.3, 0.4) is 0 Å². The molecule has 0 bridgehead atoms. The third-order valence-electron chi connectivity index (χ3n) is 5.81. The third-order valence-corrected chi connectivity index (χ3v) is 6.06. The van der Waals surface area contributed by atoms with Crippen molar-refractivity contribution in [1.29, 1.82) is 0 Å². The zero-order valence-corrected chi connectivity index (χ0v) is 13.8. The van der Waals surface area contributed by atoms with Gasteiger partial charge in [-0.15, -0.1) is 0 Å². The standard InChI is InChI=1S/C17H26ClN3/c1-13(14-5-7-15(18)8-6-14)20(2)17(12-19)9-11-21-10-3-4-16(17)21/h5-8,13,16H,3-4,9-12,19H2,1-2H3. The molecule has 3 unspecified atom stereocenters. The summed E-state index contributed by atoms with van der Waals surface area (Å²) in [5.41, 5.74) is 7.71. The van der Waals surface area contributed by atoms with Crippen molar-refractivity contribution in [3.05, 3.63) is 34.9 Å². The molecule has 116 valence electrons. The lowest BCUT2D eigenvalue weighted by Crippen LogP contribution is -2.59. The summed E-state index contributed by atoms with van der Waals surface area (Å²) in [4.78, 5) is 5.16. The lowest BCUT2D eigenvalue weighted by atomic mass is 9.85. The fourth-order valence-electron chi connectivity index (χ4n) is 4.35. The molecule has 3 rings (SSSR count). The molecule has 2 fully saturated rings. The van der Waals surface area contributed by atoms with Crippen molar-refractivity contribution in [3.8, 4) is 0 Å². The molecule has 1 aromatic carbocycles. The number of nitrogens with two attached hydrogens (primary N) is 1. The van der Waals surface area contributed by atoms with Crippen molar-refractivity contribution in [1.82, 2.24) is 9.80 Å². The normalized spacial score (nSPS) is 30.8. The lowest BCUT2D eigenvalue weighted by molar-refractivity contribution is 0.0571. The molecular formula is C17H26ClN3. The summed E-state index contributed by atoms with van der Waals surface area (Å²) in [6.07, 6.45) is 3.78. The SMILES string of the molecule is CC(c1ccc(Cl)cc1)N(C)C1(CN)CCN2CCCC21. The second kappa shape index (κ2) is 5.88. The molecule has 2 aliphatic rings. The Labute approximate surface area is 133 Å². The number of fused-ring (bicyclic) bond motifs is 1. The van der Waals surface area contributed by atoms with Gasteiger partial charge in [0.2, 0.25) is 0 Å². The summed E-state index contributed by atoms with van der Waals surface area (Å²) in [6, 6.07) is 9.21. The van der Waals surface area contributed by atoms with Gasteiger partial charge in [0, 0.05) is 30.2 Å². The first-order valence-corrected chi connectivity index (χ1v) is 8.39. The highest BCUT2D eigenvalue weighted by Gasteiger charge is 2.51. The molecule has 3 nitrogen and oxygen atoms in total. The molecular weight excluding hydrogens is 282 g/mol. The van der Waals surface area contributed by atoms with Gasteiger partial charge in [0.15, 0.2) is 0 Å². The van der Waals surface area contributed by atoms with Gasteiger partial charge in [0.1, 0.15) is 0 Å². The minimum absolute atomic E-state index is 0.121. The molecule has 3 atom stereocenters. The van der Waals surface area contributed by atoms with Gasteiger partial charge in [-0.2, -0.15) is 0 Å². The van der Waals surface area contributed by atoms with Crippen LogP contribution in [0.2, 0.25) is 5.02 Å². The Morgan fingerprint density at radius 1 is 1.38 bits per heavy atom. The number of nitrogens with zero attached hydrogens (tertiary/aromatic N) is 2. The summed E-state index contributed by atoms with van der Waals surface area (Å²) in [6.45, 7) is 5.45. The van der Waals surface area contributed by atoms with Gasteiger partial charge in [0.25, 0.3) is 0 Å². The first-order chi connectivity index (χ1) is 10.1. The first-order valence-electron chi connectivity index (χ1n) is 8.01. The maximum absolute atomic E-state index is 6.28. The predicted molar refractivity (Wildman–Crippen MR) is 88.6 cm³/mol. The van der Waals surface area contributed by atoms with Crippen LogP contribution in [-0.4, -0.2) is 48.1 Å². The van der Waals surface area contributed by atoms with E-state index in [-0.39, 0.29) is 5.54 Å². The Hall–Kier alpha value is -0.610. The van der Waals surface area contributed by atoms with Crippen LogP contribution in [0, 0.1) is 0 Å². The molecule has 0 aromatic heterocycles. The highest BCUT2D eigenvalue weighted by molar-refractivity contribution is 6.30. The van der Waals surface area contributed by atoms with Gasteiger partial charge in [-0.25, -0.2) is 0 Å². The van der Waals surface area contributed by atoms with E-state index in [9.17, 15) is 0 Å². The maximum Gasteiger partial charge on any atom is 0.0501 e. The van der Waals surface area contributed by atoms with E-state index in [1.54, 1.807) is 0 Å². The van der Waals surface area contributed by atoms with Gasteiger partial charge in [0.05, 0.1) is 5.54 Å². The maximum atomic E-state index is 6.28. The molecule has 2 aliphatic heterocycles. The van der Waals surface area contributed by atoms with E-state index in [1.807, 2.05) is 12.1 Å². The van der Waals surface area contributed by atoms with Crippen LogP contribution in [0.25, 0.3) is 0 Å². The zero-order valence-electron chi connectivity index (χ0n) is 13.1. The first kappa shape index (κ1) is 15.3. The van der Waals surface area contributed by atoms with Crippen LogP contribution in [-0.2, 0) is 0 Å².